The average molecular weight is 345 g/mol. The van der Waals surface area contributed by atoms with E-state index in [4.69, 9.17) is 6.57 Å². The van der Waals surface area contributed by atoms with E-state index in [9.17, 15) is 4.79 Å². The first-order valence-electron chi connectivity index (χ1n) is 8.92. The number of carbonyl (C=O) groups excluding carboxylic acids is 1. The number of hydrogen-bond donors (Lipinski definition) is 0. The van der Waals surface area contributed by atoms with Crippen molar-refractivity contribution in [2.75, 3.05) is 0 Å². The van der Waals surface area contributed by atoms with Gasteiger partial charge in [0.05, 0.1) is 23.6 Å². The van der Waals surface area contributed by atoms with Crippen molar-refractivity contribution >= 4 is 22.5 Å². The topological polar surface area (TPSA) is 65.0 Å². The number of Topliss-reactive ketones (excluding diaryl/α,β-unsaturated/α-hetero) is 1. The Kier molecular flexibility index (Phi) is 4.21. The maximum absolute atomic E-state index is 12.7. The predicted molar refractivity (Wildman–Crippen MR) is 98.1 cm³/mol. The third-order valence-corrected chi connectivity index (χ3v) is 4.92. The highest BCUT2D eigenvalue weighted by molar-refractivity contribution is 5.98. The van der Waals surface area contributed by atoms with Crippen molar-refractivity contribution in [3.05, 3.63) is 59.0 Å². The summed E-state index contributed by atoms with van der Waals surface area (Å²) in [6.07, 6.45) is 7.18. The fraction of sp³-hybridized carbons (Fsp3) is 0.350. The van der Waals surface area contributed by atoms with E-state index >= 15 is 0 Å². The first kappa shape index (κ1) is 16.4. The molecule has 1 aliphatic rings. The van der Waals surface area contributed by atoms with Gasteiger partial charge in [0.25, 0.3) is 0 Å². The van der Waals surface area contributed by atoms with Gasteiger partial charge >= 0.3 is 0 Å². The molecule has 1 unspecified atom stereocenters. The Morgan fingerprint density at radius 3 is 3.00 bits per heavy atom. The van der Waals surface area contributed by atoms with Gasteiger partial charge < -0.3 is 0 Å². The average Bonchev–Trinajstić information content (AvgIpc) is 3.21. The SMILES string of the molecule is [C-]#[N+]c1ccc2c(c1)C(c1ncnc3nn(CCCCC)cc13)C(=O)C2. The molecular weight excluding hydrogens is 326 g/mol. The molecule has 26 heavy (non-hydrogen) atoms. The number of unbranched alkanes of at least 4 members (excludes halogenated alkanes) is 2. The normalized spacial score (nSPS) is 16.0. The monoisotopic (exact) mass is 345 g/mol. The molecule has 0 radical (unpaired) electrons. The summed E-state index contributed by atoms with van der Waals surface area (Å²) in [6, 6.07) is 5.47. The number of benzene rings is 1. The maximum Gasteiger partial charge on any atom is 0.187 e. The van der Waals surface area contributed by atoms with Gasteiger partial charge in [-0.25, -0.2) is 14.8 Å². The van der Waals surface area contributed by atoms with Crippen molar-refractivity contribution < 1.29 is 4.79 Å². The molecule has 0 amide bonds. The summed E-state index contributed by atoms with van der Waals surface area (Å²) >= 11 is 0. The van der Waals surface area contributed by atoms with Gasteiger partial charge in [-0.3, -0.25) is 9.48 Å². The molecule has 0 spiro atoms. The summed E-state index contributed by atoms with van der Waals surface area (Å²) in [7, 11) is 0. The van der Waals surface area contributed by atoms with Crippen LogP contribution in [-0.4, -0.2) is 25.5 Å². The molecule has 0 bridgehead atoms. The van der Waals surface area contributed by atoms with Crippen molar-refractivity contribution in [3.63, 3.8) is 0 Å². The highest BCUT2D eigenvalue weighted by Crippen LogP contribution is 2.38. The van der Waals surface area contributed by atoms with Crippen molar-refractivity contribution in [2.45, 2.75) is 45.1 Å². The second kappa shape index (κ2) is 6.68. The van der Waals surface area contributed by atoms with Crippen LogP contribution in [0.1, 0.15) is 48.9 Å². The first-order chi connectivity index (χ1) is 12.7. The summed E-state index contributed by atoms with van der Waals surface area (Å²) in [4.78, 5) is 24.9. The Hall–Kier alpha value is -3.07. The highest BCUT2D eigenvalue weighted by atomic mass is 16.1. The van der Waals surface area contributed by atoms with E-state index in [0.29, 0.717) is 23.4 Å². The minimum absolute atomic E-state index is 0.112. The Bertz CT molecular complexity index is 1030. The Morgan fingerprint density at radius 2 is 2.19 bits per heavy atom. The number of hydrogen-bond acceptors (Lipinski definition) is 4. The third-order valence-electron chi connectivity index (χ3n) is 4.92. The molecule has 2 aromatic heterocycles. The van der Waals surface area contributed by atoms with E-state index in [-0.39, 0.29) is 5.78 Å². The number of carbonyl (C=O) groups is 1. The molecule has 130 valence electrons. The molecule has 6 nitrogen and oxygen atoms in total. The van der Waals surface area contributed by atoms with E-state index in [0.717, 1.165) is 42.3 Å². The lowest BCUT2D eigenvalue weighted by molar-refractivity contribution is -0.118. The van der Waals surface area contributed by atoms with Crippen LogP contribution in [0.3, 0.4) is 0 Å². The molecule has 1 aromatic carbocycles. The van der Waals surface area contributed by atoms with Gasteiger partial charge in [0.15, 0.2) is 17.1 Å². The number of rotatable bonds is 5. The van der Waals surface area contributed by atoms with E-state index in [1.54, 1.807) is 6.07 Å². The summed E-state index contributed by atoms with van der Waals surface area (Å²) < 4.78 is 1.90. The number of ketones is 1. The number of nitrogens with zero attached hydrogens (tertiary/aromatic N) is 5. The lowest BCUT2D eigenvalue weighted by atomic mass is 9.95. The first-order valence-corrected chi connectivity index (χ1v) is 8.92. The van der Waals surface area contributed by atoms with Crippen LogP contribution in [0.2, 0.25) is 0 Å². The van der Waals surface area contributed by atoms with Crippen molar-refractivity contribution in [1.82, 2.24) is 19.7 Å². The molecule has 1 atom stereocenters. The third kappa shape index (κ3) is 2.76. The van der Waals surface area contributed by atoms with Gasteiger partial charge in [-0.1, -0.05) is 38.0 Å². The summed E-state index contributed by atoms with van der Waals surface area (Å²) in [5.74, 6) is -0.327. The second-order valence-corrected chi connectivity index (χ2v) is 6.67. The highest BCUT2D eigenvalue weighted by Gasteiger charge is 2.34. The Morgan fingerprint density at radius 1 is 1.31 bits per heavy atom. The van der Waals surface area contributed by atoms with Crippen molar-refractivity contribution in [3.8, 4) is 0 Å². The van der Waals surface area contributed by atoms with Crippen LogP contribution in [0.5, 0.6) is 0 Å². The molecule has 1 aliphatic carbocycles. The van der Waals surface area contributed by atoms with E-state index in [1.807, 2.05) is 23.0 Å². The molecule has 4 rings (SSSR count). The lowest BCUT2D eigenvalue weighted by Crippen LogP contribution is -2.10. The van der Waals surface area contributed by atoms with Crippen molar-refractivity contribution in [2.24, 2.45) is 0 Å². The fourth-order valence-corrected chi connectivity index (χ4v) is 3.62. The quantitative estimate of drug-likeness (QED) is 0.521. The van der Waals surface area contributed by atoms with Gasteiger partial charge in [-0.05, 0) is 17.5 Å². The summed E-state index contributed by atoms with van der Waals surface area (Å²) in [5.41, 5.74) is 3.73. The van der Waals surface area contributed by atoms with Crippen LogP contribution in [0.15, 0.2) is 30.7 Å². The largest absolute Gasteiger partial charge is 0.298 e. The van der Waals surface area contributed by atoms with Gasteiger partial charge in [-0.15, -0.1) is 0 Å². The van der Waals surface area contributed by atoms with E-state index in [1.165, 1.54) is 6.33 Å². The van der Waals surface area contributed by atoms with E-state index in [2.05, 4.69) is 26.8 Å². The van der Waals surface area contributed by atoms with Gasteiger partial charge in [-0.2, -0.15) is 5.10 Å². The molecule has 0 saturated heterocycles. The zero-order valence-corrected chi connectivity index (χ0v) is 14.6. The fourth-order valence-electron chi connectivity index (χ4n) is 3.62. The molecule has 3 aromatic rings. The molecule has 0 N–H and O–H groups in total. The molecule has 2 heterocycles. The van der Waals surface area contributed by atoms with Crippen LogP contribution >= 0.6 is 0 Å². The number of aryl methyl sites for hydroxylation is 1. The molecule has 0 aliphatic heterocycles. The maximum atomic E-state index is 12.7. The van der Waals surface area contributed by atoms with Crippen molar-refractivity contribution in [1.29, 1.82) is 0 Å². The minimum atomic E-state index is -0.439. The summed E-state index contributed by atoms with van der Waals surface area (Å²) in [5, 5.41) is 5.36. The Balaban J connectivity index is 1.78. The zero-order valence-electron chi connectivity index (χ0n) is 14.6. The number of fused-ring (bicyclic) bond motifs is 2. The minimum Gasteiger partial charge on any atom is -0.298 e. The van der Waals surface area contributed by atoms with Gasteiger partial charge in [0, 0.05) is 19.2 Å². The molecule has 6 heteroatoms. The van der Waals surface area contributed by atoms with Crippen LogP contribution in [-0.2, 0) is 17.8 Å². The van der Waals surface area contributed by atoms with Crippen LogP contribution < -0.4 is 0 Å². The standard InChI is InChI=1S/C20H19N5O/c1-3-4-5-8-25-11-16-19(22-12-23-20(16)24-25)18-15-10-14(21-2)7-6-13(15)9-17(18)26/h6-7,10-12,18H,3-5,8-9H2,1H3. The van der Waals surface area contributed by atoms with Crippen LogP contribution in [0.25, 0.3) is 15.9 Å². The smallest absolute Gasteiger partial charge is 0.187 e. The summed E-state index contributed by atoms with van der Waals surface area (Å²) in [6.45, 7) is 10.2. The Labute approximate surface area is 151 Å². The molecule has 0 fully saturated rings. The van der Waals surface area contributed by atoms with E-state index < -0.39 is 5.92 Å². The predicted octanol–water partition coefficient (Wildman–Crippen LogP) is 3.82. The molecule has 0 saturated carbocycles. The second-order valence-electron chi connectivity index (χ2n) is 6.67. The van der Waals surface area contributed by atoms with Gasteiger partial charge in [0.1, 0.15) is 6.33 Å². The zero-order chi connectivity index (χ0) is 18.1. The van der Waals surface area contributed by atoms with Crippen LogP contribution in [0.4, 0.5) is 5.69 Å². The number of aromatic nitrogens is 4. The lowest BCUT2D eigenvalue weighted by Gasteiger charge is -2.10. The molecular formula is C20H19N5O. The van der Waals surface area contributed by atoms with Crippen LogP contribution in [0, 0.1) is 6.57 Å². The van der Waals surface area contributed by atoms with Gasteiger partial charge in [0.2, 0.25) is 0 Å².